The summed E-state index contributed by atoms with van der Waals surface area (Å²) in [7, 11) is 0. The molecule has 5 nitrogen and oxygen atoms in total. The Kier molecular flexibility index (Phi) is 4.76. The minimum Gasteiger partial charge on any atom is -0.368 e. The molecule has 1 heterocycles. The van der Waals surface area contributed by atoms with Crippen molar-refractivity contribution in [3.63, 3.8) is 0 Å². The Labute approximate surface area is 118 Å². The number of rotatable bonds is 5. The molecule has 0 radical (unpaired) electrons. The average Bonchev–Trinajstić information content (AvgIpc) is 2.42. The molecule has 0 fully saturated rings. The van der Waals surface area contributed by atoms with Crippen LogP contribution in [0.2, 0.25) is 0 Å². The molecule has 1 aromatic rings. The fraction of sp³-hybridized carbons (Fsp3) is 0.385. The van der Waals surface area contributed by atoms with Gasteiger partial charge in [-0.15, -0.1) is 0 Å². The van der Waals surface area contributed by atoms with Gasteiger partial charge in [0.25, 0.3) is 0 Å². The quantitative estimate of drug-likeness (QED) is 0.771. The SMILES string of the molecule is Cc1cnc(NC2=CC=C(Cl)CC2)nc1NCCN. The van der Waals surface area contributed by atoms with E-state index in [1.165, 1.54) is 0 Å². The summed E-state index contributed by atoms with van der Waals surface area (Å²) < 4.78 is 0. The van der Waals surface area contributed by atoms with Gasteiger partial charge >= 0.3 is 0 Å². The summed E-state index contributed by atoms with van der Waals surface area (Å²) in [6.07, 6.45) is 7.38. The molecule has 0 atom stereocenters. The van der Waals surface area contributed by atoms with Crippen LogP contribution in [-0.4, -0.2) is 23.1 Å². The lowest BCUT2D eigenvalue weighted by molar-refractivity contribution is 0.937. The second kappa shape index (κ2) is 6.54. The minimum absolute atomic E-state index is 0.570. The maximum Gasteiger partial charge on any atom is 0.228 e. The summed E-state index contributed by atoms with van der Waals surface area (Å²) in [5.41, 5.74) is 7.54. The van der Waals surface area contributed by atoms with Gasteiger partial charge in [-0.05, 0) is 31.9 Å². The van der Waals surface area contributed by atoms with Gasteiger partial charge in [-0.3, -0.25) is 0 Å². The Hall–Kier alpha value is -1.59. The van der Waals surface area contributed by atoms with Gasteiger partial charge in [0, 0.05) is 35.6 Å². The van der Waals surface area contributed by atoms with Crippen molar-refractivity contribution in [2.45, 2.75) is 19.8 Å². The van der Waals surface area contributed by atoms with Gasteiger partial charge in [-0.25, -0.2) is 4.98 Å². The molecule has 6 heteroatoms. The largest absolute Gasteiger partial charge is 0.368 e. The smallest absolute Gasteiger partial charge is 0.228 e. The van der Waals surface area contributed by atoms with Crippen LogP contribution in [0.1, 0.15) is 18.4 Å². The number of aromatic nitrogens is 2. The molecule has 0 bridgehead atoms. The molecule has 1 aliphatic carbocycles. The number of nitrogens with one attached hydrogen (secondary N) is 2. The number of halogens is 1. The number of aryl methyl sites for hydroxylation is 1. The minimum atomic E-state index is 0.570. The first-order valence-electron chi connectivity index (χ1n) is 6.29. The summed E-state index contributed by atoms with van der Waals surface area (Å²) in [6, 6.07) is 0. The lowest BCUT2D eigenvalue weighted by Gasteiger charge is -2.14. The van der Waals surface area contributed by atoms with Crippen molar-refractivity contribution in [2.75, 3.05) is 23.7 Å². The van der Waals surface area contributed by atoms with E-state index in [9.17, 15) is 0 Å². The van der Waals surface area contributed by atoms with Crippen molar-refractivity contribution in [3.05, 3.63) is 34.6 Å². The maximum atomic E-state index is 5.92. The van der Waals surface area contributed by atoms with Crippen molar-refractivity contribution < 1.29 is 0 Å². The molecule has 0 aliphatic heterocycles. The van der Waals surface area contributed by atoms with Crippen LogP contribution in [0, 0.1) is 6.92 Å². The van der Waals surface area contributed by atoms with Gasteiger partial charge < -0.3 is 16.4 Å². The van der Waals surface area contributed by atoms with Gasteiger partial charge in [0.2, 0.25) is 5.95 Å². The monoisotopic (exact) mass is 279 g/mol. The van der Waals surface area contributed by atoms with Gasteiger partial charge in [0.05, 0.1) is 0 Å². The molecule has 0 saturated carbocycles. The predicted octanol–water partition coefficient (Wildman–Crippen LogP) is 2.37. The van der Waals surface area contributed by atoms with E-state index in [1.807, 2.05) is 19.1 Å². The van der Waals surface area contributed by atoms with Gasteiger partial charge in [0.15, 0.2) is 0 Å². The van der Waals surface area contributed by atoms with E-state index in [-0.39, 0.29) is 0 Å². The summed E-state index contributed by atoms with van der Waals surface area (Å²) >= 11 is 5.92. The third kappa shape index (κ3) is 3.94. The zero-order chi connectivity index (χ0) is 13.7. The second-order valence-corrected chi connectivity index (χ2v) is 4.86. The van der Waals surface area contributed by atoms with Crippen molar-refractivity contribution in [3.8, 4) is 0 Å². The molecular formula is C13H18ClN5. The summed E-state index contributed by atoms with van der Waals surface area (Å²) in [4.78, 5) is 8.71. The molecule has 19 heavy (non-hydrogen) atoms. The highest BCUT2D eigenvalue weighted by molar-refractivity contribution is 6.29. The van der Waals surface area contributed by atoms with Crippen LogP contribution in [0.25, 0.3) is 0 Å². The summed E-state index contributed by atoms with van der Waals surface area (Å²) in [6.45, 7) is 3.23. The van der Waals surface area contributed by atoms with Gasteiger partial charge in [-0.1, -0.05) is 11.6 Å². The fourth-order valence-corrected chi connectivity index (χ4v) is 1.89. The predicted molar refractivity (Wildman–Crippen MR) is 79.2 cm³/mol. The normalized spacial score (nSPS) is 14.7. The first-order chi connectivity index (χ1) is 9.19. The van der Waals surface area contributed by atoms with Crippen molar-refractivity contribution in [1.29, 1.82) is 0 Å². The van der Waals surface area contributed by atoms with Crippen LogP contribution in [-0.2, 0) is 0 Å². The molecule has 102 valence electrons. The van der Waals surface area contributed by atoms with Crippen LogP contribution in [0.4, 0.5) is 11.8 Å². The zero-order valence-electron chi connectivity index (χ0n) is 10.9. The number of nitrogens with two attached hydrogens (primary N) is 1. The van der Waals surface area contributed by atoms with Crippen molar-refractivity contribution in [2.24, 2.45) is 5.73 Å². The Morgan fingerprint density at radius 2 is 2.21 bits per heavy atom. The molecule has 1 aromatic heterocycles. The van der Waals surface area contributed by atoms with Crippen molar-refractivity contribution in [1.82, 2.24) is 9.97 Å². The van der Waals surface area contributed by atoms with E-state index < -0.39 is 0 Å². The Morgan fingerprint density at radius 1 is 1.37 bits per heavy atom. The molecule has 0 amide bonds. The number of hydrogen-bond acceptors (Lipinski definition) is 5. The van der Waals surface area contributed by atoms with Crippen LogP contribution in [0.3, 0.4) is 0 Å². The number of allylic oxidation sites excluding steroid dienone is 4. The number of hydrogen-bond donors (Lipinski definition) is 3. The van der Waals surface area contributed by atoms with Crippen LogP contribution >= 0.6 is 11.6 Å². The molecule has 0 unspecified atom stereocenters. The topological polar surface area (TPSA) is 75.9 Å². The highest BCUT2D eigenvalue weighted by atomic mass is 35.5. The Morgan fingerprint density at radius 3 is 2.89 bits per heavy atom. The Bertz CT molecular complexity index is 510. The molecule has 2 rings (SSSR count). The summed E-state index contributed by atoms with van der Waals surface area (Å²) in [5.74, 6) is 1.40. The van der Waals surface area contributed by atoms with Crippen LogP contribution in [0.15, 0.2) is 29.1 Å². The van der Waals surface area contributed by atoms with E-state index in [2.05, 4.69) is 20.6 Å². The lowest BCUT2D eigenvalue weighted by Crippen LogP contribution is -2.15. The number of nitrogens with zero attached hydrogens (tertiary/aromatic N) is 2. The maximum absolute atomic E-state index is 5.92. The second-order valence-electron chi connectivity index (χ2n) is 4.37. The highest BCUT2D eigenvalue weighted by Crippen LogP contribution is 2.22. The van der Waals surface area contributed by atoms with Gasteiger partial charge in [-0.2, -0.15) is 4.98 Å². The van der Waals surface area contributed by atoms with E-state index in [1.54, 1.807) is 6.20 Å². The molecule has 1 aliphatic rings. The zero-order valence-corrected chi connectivity index (χ0v) is 11.7. The fourth-order valence-electron chi connectivity index (χ4n) is 1.73. The standard InChI is InChI=1S/C13H18ClN5/c1-9-8-17-13(19-12(9)16-7-6-15)18-11-4-2-10(14)3-5-11/h2,4,8H,3,5-7,15H2,1H3,(H2,16,17,18,19). The van der Waals surface area contributed by atoms with Crippen molar-refractivity contribution >= 4 is 23.4 Å². The van der Waals surface area contributed by atoms with E-state index >= 15 is 0 Å². The molecule has 4 N–H and O–H groups in total. The van der Waals surface area contributed by atoms with Gasteiger partial charge in [0.1, 0.15) is 5.82 Å². The molecule has 0 aromatic carbocycles. The number of anilines is 2. The lowest BCUT2D eigenvalue weighted by atomic mass is 10.1. The highest BCUT2D eigenvalue weighted by Gasteiger charge is 2.08. The molecule has 0 spiro atoms. The Balaban J connectivity index is 2.08. The third-order valence-electron chi connectivity index (χ3n) is 2.78. The first-order valence-corrected chi connectivity index (χ1v) is 6.66. The molecule has 0 saturated heterocycles. The average molecular weight is 280 g/mol. The van der Waals surface area contributed by atoms with Crippen LogP contribution in [0.5, 0.6) is 0 Å². The third-order valence-corrected chi connectivity index (χ3v) is 3.09. The van der Waals surface area contributed by atoms with Crippen LogP contribution < -0.4 is 16.4 Å². The van der Waals surface area contributed by atoms with E-state index in [0.717, 1.165) is 35.0 Å². The van der Waals surface area contributed by atoms with E-state index in [0.29, 0.717) is 19.0 Å². The first kappa shape index (κ1) is 13.8. The van der Waals surface area contributed by atoms with E-state index in [4.69, 9.17) is 17.3 Å². The summed E-state index contributed by atoms with van der Waals surface area (Å²) in [5, 5.41) is 7.26. The molecular weight excluding hydrogens is 262 g/mol.